The van der Waals surface area contributed by atoms with Crippen molar-refractivity contribution < 1.29 is 14.9 Å². The first-order valence-corrected chi connectivity index (χ1v) is 6.20. The van der Waals surface area contributed by atoms with Crippen LogP contribution in [0, 0.1) is 0 Å². The predicted molar refractivity (Wildman–Crippen MR) is 69.5 cm³/mol. The molecule has 4 atom stereocenters. The Kier molecular flexibility index (Phi) is 3.05. The molecule has 102 valence electrons. The summed E-state index contributed by atoms with van der Waals surface area (Å²) < 4.78 is 7.20. The summed E-state index contributed by atoms with van der Waals surface area (Å²) in [6.45, 7) is -0.279. The van der Waals surface area contributed by atoms with Gasteiger partial charge in [-0.3, -0.25) is 4.57 Å². The monoisotopic (exact) mass is 283 g/mol. The minimum absolute atomic E-state index is 0.275. The zero-order valence-corrected chi connectivity index (χ0v) is 10.7. The minimum Gasteiger partial charge on any atom is -0.394 e. The van der Waals surface area contributed by atoms with Crippen LogP contribution in [0.25, 0.3) is 11.2 Å². The third kappa shape index (κ3) is 1.86. The van der Waals surface area contributed by atoms with Crippen LogP contribution >= 0.6 is 12.6 Å². The first kappa shape index (κ1) is 12.6. The molecule has 0 aliphatic carbocycles. The normalized spacial score (nSPS) is 31.1. The molecule has 0 saturated carbocycles. The van der Waals surface area contributed by atoms with Gasteiger partial charge in [-0.1, -0.05) is 0 Å². The maximum atomic E-state index is 9.90. The largest absolute Gasteiger partial charge is 0.394 e. The van der Waals surface area contributed by atoms with Gasteiger partial charge in [-0.05, 0) is 0 Å². The molecule has 0 aromatic carbocycles. The topological polar surface area (TPSA) is 119 Å². The van der Waals surface area contributed by atoms with Crippen LogP contribution in [0.15, 0.2) is 12.7 Å². The number of nitrogens with two attached hydrogens (primary N) is 1. The first-order chi connectivity index (χ1) is 9.13. The van der Waals surface area contributed by atoms with Gasteiger partial charge < -0.3 is 20.7 Å². The molecule has 0 bridgehead atoms. The van der Waals surface area contributed by atoms with Crippen molar-refractivity contribution in [3.63, 3.8) is 0 Å². The number of rotatable bonds is 2. The number of fused-ring (bicyclic) bond motifs is 1. The quantitative estimate of drug-likeness (QED) is 0.520. The molecule has 1 saturated heterocycles. The van der Waals surface area contributed by atoms with E-state index in [0.29, 0.717) is 11.2 Å². The summed E-state index contributed by atoms with van der Waals surface area (Å²) in [4.78, 5) is 12.1. The van der Waals surface area contributed by atoms with Crippen molar-refractivity contribution in [1.82, 2.24) is 19.5 Å². The van der Waals surface area contributed by atoms with Crippen LogP contribution in [0.1, 0.15) is 6.23 Å². The van der Waals surface area contributed by atoms with E-state index in [-0.39, 0.29) is 12.4 Å². The maximum Gasteiger partial charge on any atom is 0.167 e. The number of hydrogen-bond donors (Lipinski definition) is 4. The highest BCUT2D eigenvalue weighted by atomic mass is 32.1. The highest BCUT2D eigenvalue weighted by molar-refractivity contribution is 7.81. The zero-order chi connectivity index (χ0) is 13.6. The molecule has 0 amide bonds. The Morgan fingerprint density at radius 1 is 1.42 bits per heavy atom. The highest BCUT2D eigenvalue weighted by Gasteiger charge is 2.42. The number of nitrogen functional groups attached to an aromatic ring is 1. The number of ether oxygens (including phenoxy) is 1. The fraction of sp³-hybridized carbons (Fsp3) is 0.500. The predicted octanol–water partition coefficient (Wildman–Crippen LogP) is -1.04. The van der Waals surface area contributed by atoms with Crippen molar-refractivity contribution in [2.75, 3.05) is 12.3 Å². The van der Waals surface area contributed by atoms with Crippen LogP contribution in [0.5, 0.6) is 0 Å². The molecule has 1 aliphatic rings. The summed E-state index contributed by atoms with van der Waals surface area (Å²) in [6.07, 6.45) is 0.725. The summed E-state index contributed by atoms with van der Waals surface area (Å²) in [5.74, 6) is 0.275. The molecule has 8 nitrogen and oxygen atoms in total. The van der Waals surface area contributed by atoms with Crippen LogP contribution in [-0.4, -0.2) is 53.8 Å². The molecule has 2 aromatic rings. The minimum atomic E-state index is -0.866. The molecule has 1 unspecified atom stereocenters. The Labute approximate surface area is 113 Å². The van der Waals surface area contributed by atoms with Crippen molar-refractivity contribution >= 4 is 29.6 Å². The Morgan fingerprint density at radius 3 is 2.89 bits per heavy atom. The van der Waals surface area contributed by atoms with Crippen molar-refractivity contribution in [3.8, 4) is 0 Å². The lowest BCUT2D eigenvalue weighted by Gasteiger charge is -2.16. The molecular formula is C10H13N5O3S. The number of aromatic nitrogens is 4. The van der Waals surface area contributed by atoms with Gasteiger partial charge >= 0.3 is 0 Å². The molecule has 0 radical (unpaired) electrons. The molecule has 4 N–H and O–H groups in total. The average molecular weight is 283 g/mol. The summed E-state index contributed by atoms with van der Waals surface area (Å²) in [5, 5.41) is 18.5. The molecular weight excluding hydrogens is 270 g/mol. The van der Waals surface area contributed by atoms with E-state index in [1.165, 1.54) is 12.7 Å². The molecule has 0 spiro atoms. The lowest BCUT2D eigenvalue weighted by atomic mass is 10.2. The summed E-state index contributed by atoms with van der Waals surface area (Å²) in [7, 11) is 0. The van der Waals surface area contributed by atoms with Gasteiger partial charge in [0.1, 0.15) is 17.9 Å². The Hall–Kier alpha value is -1.42. The molecule has 2 aromatic heterocycles. The van der Waals surface area contributed by atoms with Gasteiger partial charge in [0.2, 0.25) is 0 Å². The van der Waals surface area contributed by atoms with Gasteiger partial charge in [-0.25, -0.2) is 15.0 Å². The first-order valence-electron chi connectivity index (χ1n) is 5.69. The molecule has 3 rings (SSSR count). The van der Waals surface area contributed by atoms with E-state index in [9.17, 15) is 5.11 Å². The van der Waals surface area contributed by atoms with Crippen LogP contribution in [0.4, 0.5) is 5.82 Å². The fourth-order valence-corrected chi connectivity index (χ4v) is 2.57. The zero-order valence-electron chi connectivity index (χ0n) is 9.79. The Bertz CT molecular complexity index is 606. The van der Waals surface area contributed by atoms with Gasteiger partial charge in [-0.2, -0.15) is 12.6 Å². The highest BCUT2D eigenvalue weighted by Crippen LogP contribution is 2.34. The number of thiol groups is 1. The second-order valence-corrected chi connectivity index (χ2v) is 4.91. The van der Waals surface area contributed by atoms with E-state index in [0.717, 1.165) is 0 Å². The number of imidazole rings is 1. The van der Waals surface area contributed by atoms with Crippen LogP contribution in [-0.2, 0) is 4.74 Å². The van der Waals surface area contributed by atoms with E-state index in [2.05, 4.69) is 27.6 Å². The SMILES string of the molecule is Nc1ncnc2c1ncn2[C@@H]1O[C@H](CO)[C@H](O)C1S. The number of nitrogens with zero attached hydrogens (tertiary/aromatic N) is 4. The molecule has 1 fully saturated rings. The van der Waals surface area contributed by atoms with Gasteiger partial charge in [-0.15, -0.1) is 0 Å². The molecule has 3 heterocycles. The maximum absolute atomic E-state index is 9.90. The second kappa shape index (κ2) is 4.60. The van der Waals surface area contributed by atoms with Crippen molar-refractivity contribution in [1.29, 1.82) is 0 Å². The molecule has 19 heavy (non-hydrogen) atoms. The van der Waals surface area contributed by atoms with Crippen LogP contribution < -0.4 is 5.73 Å². The van der Waals surface area contributed by atoms with E-state index >= 15 is 0 Å². The average Bonchev–Trinajstić information content (AvgIpc) is 2.94. The third-order valence-corrected chi connectivity index (χ3v) is 3.74. The van der Waals surface area contributed by atoms with Gasteiger partial charge in [0.25, 0.3) is 0 Å². The van der Waals surface area contributed by atoms with Gasteiger partial charge in [0, 0.05) is 0 Å². The Balaban J connectivity index is 2.04. The second-order valence-electron chi connectivity index (χ2n) is 4.31. The van der Waals surface area contributed by atoms with Crippen molar-refractivity contribution in [2.45, 2.75) is 23.7 Å². The molecule has 1 aliphatic heterocycles. The standard InChI is InChI=1S/C10H13N5O3S/c11-8-5-9(13-2-12-8)15(3-14-5)10-7(19)6(17)4(1-16)18-10/h2-4,6-7,10,16-17,19H,1H2,(H2,11,12,13)/t4-,6+,7?,10-/m1/s1. The summed E-state index contributed by atoms with van der Waals surface area (Å²) in [5.41, 5.74) is 6.68. The van der Waals surface area contributed by atoms with Gasteiger partial charge in [0.15, 0.2) is 17.7 Å². The van der Waals surface area contributed by atoms with Crippen molar-refractivity contribution in [3.05, 3.63) is 12.7 Å². The van der Waals surface area contributed by atoms with Crippen LogP contribution in [0.3, 0.4) is 0 Å². The lowest BCUT2D eigenvalue weighted by molar-refractivity contribution is -0.0430. The van der Waals surface area contributed by atoms with Gasteiger partial charge in [0.05, 0.1) is 24.3 Å². The van der Waals surface area contributed by atoms with E-state index in [1.807, 2.05) is 0 Å². The summed E-state index contributed by atoms with van der Waals surface area (Å²) in [6, 6.07) is 0. The molecule has 9 heteroatoms. The lowest BCUT2D eigenvalue weighted by Crippen LogP contribution is -2.30. The summed E-state index contributed by atoms with van der Waals surface area (Å²) >= 11 is 4.32. The number of aliphatic hydroxyl groups is 2. The number of hydrogen-bond acceptors (Lipinski definition) is 8. The Morgan fingerprint density at radius 2 is 2.21 bits per heavy atom. The fourth-order valence-electron chi connectivity index (χ4n) is 2.17. The third-order valence-electron chi connectivity index (χ3n) is 3.18. The van der Waals surface area contributed by atoms with E-state index in [1.54, 1.807) is 4.57 Å². The van der Waals surface area contributed by atoms with E-state index < -0.39 is 23.7 Å². The number of anilines is 1. The van der Waals surface area contributed by atoms with E-state index in [4.69, 9.17) is 15.6 Å². The smallest absolute Gasteiger partial charge is 0.167 e. The van der Waals surface area contributed by atoms with Crippen LogP contribution in [0.2, 0.25) is 0 Å². The van der Waals surface area contributed by atoms with Crippen molar-refractivity contribution in [2.24, 2.45) is 0 Å². The number of aliphatic hydroxyl groups excluding tert-OH is 2.